The molecule has 0 heterocycles. The quantitative estimate of drug-likeness (QED) is 0.216. The number of nitriles is 1. The van der Waals surface area contributed by atoms with E-state index in [9.17, 15) is 14.9 Å². The average molecular weight is 531 g/mol. The van der Waals surface area contributed by atoms with Crippen LogP contribution in [0.5, 0.6) is 0 Å². The molecule has 5 aliphatic carbocycles. The van der Waals surface area contributed by atoms with Crippen LogP contribution in [0.3, 0.4) is 0 Å². The molecule has 2 spiro atoms. The Kier molecular flexibility index (Phi) is 6.42. The predicted octanol–water partition coefficient (Wildman–Crippen LogP) is 7.11. The minimum Gasteiger partial charge on any atom is -0.462 e. The molecule has 10 atom stereocenters. The molecular formula is C30H46NO3P2+. The summed E-state index contributed by atoms with van der Waals surface area (Å²) in [5, 5.41) is 9.40. The Bertz CT molecular complexity index is 1060. The van der Waals surface area contributed by atoms with Gasteiger partial charge >= 0.3 is 5.97 Å². The van der Waals surface area contributed by atoms with Crippen LogP contribution >= 0.6 is 17.2 Å². The van der Waals surface area contributed by atoms with E-state index >= 15 is 0 Å². The maximum atomic E-state index is 12.8. The van der Waals surface area contributed by atoms with Gasteiger partial charge in [-0.15, -0.1) is 0 Å². The summed E-state index contributed by atoms with van der Waals surface area (Å²) in [4.78, 5) is 24.7. The first-order valence-corrected chi connectivity index (χ1v) is 17.5. The van der Waals surface area contributed by atoms with Crippen LogP contribution in [0.2, 0.25) is 0 Å². The van der Waals surface area contributed by atoms with Gasteiger partial charge in [0.15, 0.2) is 5.78 Å². The lowest BCUT2D eigenvalue weighted by atomic mass is 9.42. The number of carbonyl (C=O) groups is 2. The number of ether oxygens (including phenoxy) is 1. The first kappa shape index (κ1) is 26.8. The molecule has 0 N–H and O–H groups in total. The third kappa shape index (κ3) is 3.37. The number of carbonyl (C=O) groups excluding carboxylic acids is 2. The van der Waals surface area contributed by atoms with Crippen molar-refractivity contribution in [2.45, 2.75) is 118 Å². The Morgan fingerprint density at radius 1 is 1.06 bits per heavy atom. The zero-order valence-corrected chi connectivity index (χ0v) is 25.5. The maximum Gasteiger partial charge on any atom is 0.302 e. The summed E-state index contributed by atoms with van der Waals surface area (Å²) in [5.41, 5.74) is 3.72. The van der Waals surface area contributed by atoms with Gasteiger partial charge in [-0.25, -0.2) is 0 Å². The first-order chi connectivity index (χ1) is 16.8. The molecule has 0 aromatic rings. The van der Waals surface area contributed by atoms with Gasteiger partial charge in [-0.2, -0.15) is 5.26 Å². The van der Waals surface area contributed by atoms with Gasteiger partial charge in [-0.3, -0.25) is 9.59 Å². The summed E-state index contributed by atoms with van der Waals surface area (Å²) < 4.78 is 5.87. The molecule has 5 aliphatic rings. The van der Waals surface area contributed by atoms with Gasteiger partial charge < -0.3 is 4.74 Å². The van der Waals surface area contributed by atoms with Gasteiger partial charge in [0.25, 0.3) is 0 Å². The number of hydrogen-bond donors (Lipinski definition) is 0. The third-order valence-electron chi connectivity index (χ3n) is 12.8. The fourth-order valence-electron chi connectivity index (χ4n) is 10.9. The van der Waals surface area contributed by atoms with Crippen molar-refractivity contribution >= 4 is 29.0 Å². The van der Waals surface area contributed by atoms with Crippen LogP contribution in [-0.4, -0.2) is 23.5 Å². The smallest absolute Gasteiger partial charge is 0.302 e. The van der Waals surface area contributed by atoms with Crippen LogP contribution in [0.15, 0.2) is 11.1 Å². The summed E-state index contributed by atoms with van der Waals surface area (Å²) in [6.07, 6.45) is 11.5. The Labute approximate surface area is 222 Å². The van der Waals surface area contributed by atoms with E-state index < -0.39 is 5.66 Å². The number of esters is 1. The molecule has 0 aromatic carbocycles. The van der Waals surface area contributed by atoms with Gasteiger partial charge in [0.05, 0.1) is 0 Å². The molecule has 4 nitrogen and oxygen atoms in total. The van der Waals surface area contributed by atoms with Crippen LogP contribution in [0.1, 0.15) is 106 Å². The minimum atomic E-state index is -0.423. The second kappa shape index (κ2) is 8.62. The summed E-state index contributed by atoms with van der Waals surface area (Å²) >= 11 is 0. The number of nitrogens with zero attached hydrogens (tertiary/aromatic N) is 1. The van der Waals surface area contributed by atoms with Crippen molar-refractivity contribution in [3.8, 4) is 6.07 Å². The SMILES string of the molecule is CC(=O)O[C@H]1CC[C@]23C[C@]24CC[C@]2(C)C(=C(C)CC(=O)C(C#N)[PH2+]P)CC[C@@]2(C)[C@@H]4CC[C@H]3C1(C)C. The standard InChI is InChI=1S/C30H45NO3P2/c1-18(15-21(33)22(16-31)36-35)20-9-11-28(6)24-8-7-23-26(3,4)25(34-19(2)32)10-12-29(23)17-30(24,29)14-13-27(20,28)5/h22-25,36H,7-15,17,35H2,1-6H3/p+1/t22?,23-,24-,25-,27+,28-,29+,30-/m0/s1. The molecule has 6 heteroatoms. The fraction of sp³-hybridized carbons (Fsp3) is 0.833. The minimum absolute atomic E-state index is 0.0363. The Balaban J connectivity index is 1.43. The zero-order chi connectivity index (χ0) is 26.3. The van der Waals surface area contributed by atoms with E-state index in [0.717, 1.165) is 18.8 Å². The van der Waals surface area contributed by atoms with E-state index in [1.807, 2.05) is 0 Å². The molecule has 0 radical (unpaired) electrons. The molecule has 5 fully saturated rings. The Hall–Kier alpha value is -0.770. The molecule has 0 aliphatic heterocycles. The van der Waals surface area contributed by atoms with E-state index in [1.165, 1.54) is 50.5 Å². The van der Waals surface area contributed by atoms with Crippen LogP contribution in [0.25, 0.3) is 0 Å². The number of hydrogen-bond acceptors (Lipinski definition) is 4. The Morgan fingerprint density at radius 3 is 2.36 bits per heavy atom. The summed E-state index contributed by atoms with van der Waals surface area (Å²) in [6, 6.07) is 2.23. The van der Waals surface area contributed by atoms with Crippen molar-refractivity contribution < 1.29 is 14.3 Å². The molecule has 0 saturated heterocycles. The normalized spacial score (nSPS) is 46.6. The maximum absolute atomic E-state index is 12.8. The summed E-state index contributed by atoms with van der Waals surface area (Å²) in [5.74, 6) is 1.36. The van der Waals surface area contributed by atoms with Crippen LogP contribution < -0.4 is 0 Å². The highest BCUT2D eigenvalue weighted by Gasteiger charge is 2.82. The number of rotatable bonds is 5. The number of fused-ring (bicyclic) bond motifs is 2. The first-order valence-electron chi connectivity index (χ1n) is 14.2. The van der Waals surface area contributed by atoms with Gasteiger partial charge in [0, 0.05) is 36.0 Å². The largest absolute Gasteiger partial charge is 0.462 e. The van der Waals surface area contributed by atoms with Crippen molar-refractivity contribution in [2.75, 3.05) is 0 Å². The fourth-order valence-corrected chi connectivity index (χ4v) is 12.2. The number of Topliss-reactive ketones (excluding diaryl/α,β-unsaturated/α-hetero) is 1. The van der Waals surface area contributed by atoms with Crippen molar-refractivity contribution in [2.24, 2.45) is 38.9 Å². The average Bonchev–Trinajstić information content (AvgIpc) is 3.38. The summed E-state index contributed by atoms with van der Waals surface area (Å²) in [6.45, 7) is 13.6. The van der Waals surface area contributed by atoms with E-state index in [2.05, 4.69) is 49.6 Å². The highest BCUT2D eigenvalue weighted by molar-refractivity contribution is 8.03. The topological polar surface area (TPSA) is 67.2 Å². The zero-order valence-electron chi connectivity index (χ0n) is 23.2. The molecule has 5 rings (SSSR count). The van der Waals surface area contributed by atoms with Crippen molar-refractivity contribution in [1.29, 1.82) is 5.26 Å². The van der Waals surface area contributed by atoms with Gasteiger partial charge in [0.1, 0.15) is 12.2 Å². The van der Waals surface area contributed by atoms with Gasteiger partial charge in [-0.1, -0.05) is 38.8 Å². The second-order valence-corrected chi connectivity index (χ2v) is 16.3. The second-order valence-electron chi connectivity index (χ2n) is 14.1. The molecule has 198 valence electrons. The highest BCUT2D eigenvalue weighted by atomic mass is 32.0. The molecule has 0 bridgehead atoms. The number of allylic oxidation sites excluding steroid dienone is 2. The van der Waals surface area contributed by atoms with Crippen molar-refractivity contribution in [3.63, 3.8) is 0 Å². The molecule has 0 amide bonds. The van der Waals surface area contributed by atoms with E-state index in [-0.39, 0.29) is 42.4 Å². The molecule has 3 unspecified atom stereocenters. The molecular weight excluding hydrogens is 484 g/mol. The van der Waals surface area contributed by atoms with E-state index in [4.69, 9.17) is 4.74 Å². The molecule has 0 aromatic heterocycles. The lowest BCUT2D eigenvalue weighted by Crippen LogP contribution is -2.57. The lowest BCUT2D eigenvalue weighted by molar-refractivity contribution is -0.177. The van der Waals surface area contributed by atoms with Gasteiger partial charge in [-0.05, 0) is 98.2 Å². The lowest BCUT2D eigenvalue weighted by Gasteiger charge is -2.62. The van der Waals surface area contributed by atoms with Crippen molar-refractivity contribution in [3.05, 3.63) is 11.1 Å². The van der Waals surface area contributed by atoms with E-state index in [0.29, 0.717) is 23.2 Å². The predicted molar refractivity (Wildman–Crippen MR) is 150 cm³/mol. The van der Waals surface area contributed by atoms with Crippen LogP contribution in [0, 0.1) is 50.2 Å². The molecule has 5 saturated carbocycles. The molecule has 36 heavy (non-hydrogen) atoms. The van der Waals surface area contributed by atoms with Crippen molar-refractivity contribution in [1.82, 2.24) is 0 Å². The Morgan fingerprint density at radius 2 is 1.72 bits per heavy atom. The highest BCUT2D eigenvalue weighted by Crippen LogP contribution is 2.89. The van der Waals surface area contributed by atoms with Crippen LogP contribution in [0.4, 0.5) is 0 Å². The number of ketones is 1. The third-order valence-corrected chi connectivity index (χ3v) is 14.8. The van der Waals surface area contributed by atoms with E-state index in [1.54, 1.807) is 12.5 Å². The van der Waals surface area contributed by atoms with Gasteiger partial charge in [0.2, 0.25) is 5.66 Å². The van der Waals surface area contributed by atoms with Crippen LogP contribution in [-0.2, 0) is 14.3 Å². The summed E-state index contributed by atoms with van der Waals surface area (Å²) in [7, 11) is 2.42. The monoisotopic (exact) mass is 530 g/mol.